The number of amides is 2. The third kappa shape index (κ3) is 6.55. The first-order chi connectivity index (χ1) is 20.5. The second-order valence-electron chi connectivity index (χ2n) is 12.4. The van der Waals surface area contributed by atoms with Crippen molar-refractivity contribution >= 4 is 23.4 Å². The number of likely N-dealkylation sites (tertiary alicyclic amines) is 1. The van der Waals surface area contributed by atoms with Gasteiger partial charge in [-0.3, -0.25) is 9.59 Å². The number of nitrogens with zero attached hydrogens (tertiary/aromatic N) is 4. The lowest BCUT2D eigenvalue weighted by atomic mass is 9.63. The summed E-state index contributed by atoms with van der Waals surface area (Å²) in [5.41, 5.74) is 3.46. The van der Waals surface area contributed by atoms with Crippen molar-refractivity contribution in [3.8, 4) is 0 Å². The quantitative estimate of drug-likeness (QED) is 0.402. The van der Waals surface area contributed by atoms with Crippen molar-refractivity contribution in [3.05, 3.63) is 82.6 Å². The predicted octanol–water partition coefficient (Wildman–Crippen LogP) is 4.56. The molecule has 2 atom stereocenters. The maximum absolute atomic E-state index is 14.1. The van der Waals surface area contributed by atoms with E-state index in [0.29, 0.717) is 43.4 Å². The molecule has 1 saturated carbocycles. The topological polar surface area (TPSA) is 92.2 Å². The summed E-state index contributed by atoms with van der Waals surface area (Å²) in [7, 11) is 0. The van der Waals surface area contributed by atoms with Crippen molar-refractivity contribution in [1.82, 2.24) is 30.5 Å². The highest BCUT2D eigenvalue weighted by Gasteiger charge is 2.44. The number of carbonyl (C=O) groups is 2. The highest BCUT2D eigenvalue weighted by atomic mass is 35.5. The molecule has 0 spiro atoms. The van der Waals surface area contributed by atoms with E-state index in [2.05, 4.69) is 33.0 Å². The Hall–Kier alpha value is -3.23. The molecule has 9 heteroatoms. The van der Waals surface area contributed by atoms with Crippen LogP contribution < -0.4 is 10.6 Å². The SMILES string of the molecule is O=C(N[C@H](Cc1ccc(Cl)cc1)C(=O)N1CCC(Cn2nccn2)(C2CCCCC2)CC1)[C@H]1Cc2ccccc2CN1. The van der Waals surface area contributed by atoms with Gasteiger partial charge in [0.2, 0.25) is 11.8 Å². The van der Waals surface area contributed by atoms with Gasteiger partial charge in [-0.1, -0.05) is 67.3 Å². The standard InChI is InChI=1S/C33H41ClN6O2/c34-28-12-10-24(11-13-28)20-30(38-31(41)29-21-25-6-4-5-7-26(25)22-35-29)32(42)39-18-14-33(15-19-39,23-40-36-16-17-37-40)27-8-2-1-3-9-27/h4-7,10-13,16-17,27,29-30,35H,1-3,8-9,14-15,18-23H2,(H,38,41)/t29-,30-/m1/s1. The lowest BCUT2D eigenvalue weighted by Gasteiger charge is -2.48. The van der Waals surface area contributed by atoms with Crippen LogP contribution in [0, 0.1) is 11.3 Å². The monoisotopic (exact) mass is 588 g/mol. The summed E-state index contributed by atoms with van der Waals surface area (Å²) >= 11 is 6.14. The first-order valence-electron chi connectivity index (χ1n) is 15.5. The van der Waals surface area contributed by atoms with Crippen molar-refractivity contribution in [2.75, 3.05) is 13.1 Å². The summed E-state index contributed by atoms with van der Waals surface area (Å²) in [6.07, 6.45) is 12.7. The number of aromatic nitrogens is 3. The lowest BCUT2D eigenvalue weighted by Crippen LogP contribution is -2.57. The van der Waals surface area contributed by atoms with Gasteiger partial charge >= 0.3 is 0 Å². The zero-order valence-electron chi connectivity index (χ0n) is 24.2. The summed E-state index contributed by atoms with van der Waals surface area (Å²) in [5, 5.41) is 16.0. The minimum Gasteiger partial charge on any atom is -0.343 e. The molecule has 1 aliphatic carbocycles. The second kappa shape index (κ2) is 13.0. The molecule has 0 unspecified atom stereocenters. The smallest absolute Gasteiger partial charge is 0.245 e. The van der Waals surface area contributed by atoms with Gasteiger partial charge in [-0.2, -0.15) is 15.0 Å². The summed E-state index contributed by atoms with van der Waals surface area (Å²) in [6.45, 7) is 2.80. The molecule has 2 aromatic carbocycles. The molecule has 3 heterocycles. The zero-order chi connectivity index (χ0) is 28.9. The minimum atomic E-state index is -0.646. The number of hydrogen-bond donors (Lipinski definition) is 2. The third-order valence-electron chi connectivity index (χ3n) is 9.83. The Morgan fingerprint density at radius 1 is 0.976 bits per heavy atom. The normalized spacial score (nSPS) is 21.4. The Balaban J connectivity index is 1.17. The van der Waals surface area contributed by atoms with Crippen molar-refractivity contribution in [1.29, 1.82) is 0 Å². The van der Waals surface area contributed by atoms with Crippen LogP contribution >= 0.6 is 11.6 Å². The third-order valence-corrected chi connectivity index (χ3v) is 10.1. The molecule has 0 radical (unpaired) electrons. The molecule has 8 nitrogen and oxygen atoms in total. The van der Waals surface area contributed by atoms with Gasteiger partial charge in [-0.15, -0.1) is 0 Å². The van der Waals surface area contributed by atoms with Gasteiger partial charge in [0.05, 0.1) is 25.0 Å². The van der Waals surface area contributed by atoms with Crippen molar-refractivity contribution in [3.63, 3.8) is 0 Å². The molecule has 2 aliphatic heterocycles. The van der Waals surface area contributed by atoms with E-state index >= 15 is 0 Å². The molecule has 3 aromatic rings. The first kappa shape index (κ1) is 28.9. The van der Waals surface area contributed by atoms with Gasteiger partial charge in [0.25, 0.3) is 0 Å². The molecule has 42 heavy (non-hydrogen) atoms. The zero-order valence-corrected chi connectivity index (χ0v) is 24.9. The Morgan fingerprint density at radius 3 is 2.38 bits per heavy atom. The summed E-state index contributed by atoms with van der Waals surface area (Å²) in [4.78, 5) is 31.5. The maximum Gasteiger partial charge on any atom is 0.245 e. The fraction of sp³-hybridized carbons (Fsp3) is 0.515. The molecule has 1 aromatic heterocycles. The number of nitrogens with one attached hydrogen (secondary N) is 2. The Kier molecular flexibility index (Phi) is 8.91. The molecule has 3 aliphatic rings. The van der Waals surface area contributed by atoms with Crippen molar-refractivity contribution in [2.45, 2.75) is 83.0 Å². The van der Waals surface area contributed by atoms with Gasteiger partial charge in [0.1, 0.15) is 6.04 Å². The highest BCUT2D eigenvalue weighted by Crippen LogP contribution is 2.47. The molecular formula is C33H41ClN6O2. The predicted molar refractivity (Wildman–Crippen MR) is 163 cm³/mol. The van der Waals surface area contributed by atoms with E-state index in [-0.39, 0.29) is 23.3 Å². The number of piperidine rings is 1. The van der Waals surface area contributed by atoms with Gasteiger partial charge in [-0.05, 0) is 72.3 Å². The molecule has 1 saturated heterocycles. The van der Waals surface area contributed by atoms with E-state index in [4.69, 9.17) is 11.6 Å². The molecule has 2 fully saturated rings. The second-order valence-corrected chi connectivity index (χ2v) is 12.8. The molecule has 222 valence electrons. The van der Waals surface area contributed by atoms with E-state index in [1.165, 1.54) is 43.2 Å². The summed E-state index contributed by atoms with van der Waals surface area (Å²) < 4.78 is 0. The number of carbonyl (C=O) groups excluding carboxylic acids is 2. The van der Waals surface area contributed by atoms with Crippen LogP contribution in [0.4, 0.5) is 0 Å². The lowest BCUT2D eigenvalue weighted by molar-refractivity contribution is -0.140. The Bertz CT molecular complexity index is 1350. The summed E-state index contributed by atoms with van der Waals surface area (Å²) in [6, 6.07) is 14.7. The van der Waals surface area contributed by atoms with Crippen molar-refractivity contribution < 1.29 is 9.59 Å². The maximum atomic E-state index is 14.1. The average Bonchev–Trinajstić information content (AvgIpc) is 3.55. The van der Waals surface area contributed by atoms with Crippen LogP contribution in [-0.2, 0) is 35.5 Å². The molecule has 0 bridgehead atoms. The fourth-order valence-electron chi connectivity index (χ4n) is 7.38. The fourth-order valence-corrected chi connectivity index (χ4v) is 7.50. The number of rotatable bonds is 8. The van der Waals surface area contributed by atoms with E-state index in [0.717, 1.165) is 24.9 Å². The van der Waals surface area contributed by atoms with Crippen LogP contribution in [0.2, 0.25) is 5.02 Å². The molecule has 6 rings (SSSR count). The average molecular weight is 589 g/mol. The molecule has 2 amide bonds. The van der Waals surface area contributed by atoms with E-state index in [9.17, 15) is 9.59 Å². The molecule has 2 N–H and O–H groups in total. The largest absolute Gasteiger partial charge is 0.343 e. The minimum absolute atomic E-state index is 0.0102. The molecular weight excluding hydrogens is 548 g/mol. The van der Waals surface area contributed by atoms with Crippen LogP contribution in [-0.4, -0.2) is 56.9 Å². The van der Waals surface area contributed by atoms with Gasteiger partial charge in [0.15, 0.2) is 0 Å². The number of hydrogen-bond acceptors (Lipinski definition) is 5. The van der Waals surface area contributed by atoms with Gasteiger partial charge < -0.3 is 15.5 Å². The number of halogens is 1. The van der Waals surface area contributed by atoms with E-state index in [1.807, 2.05) is 46.1 Å². The number of fused-ring (bicyclic) bond motifs is 1. The summed E-state index contributed by atoms with van der Waals surface area (Å²) in [5.74, 6) is 0.485. The van der Waals surface area contributed by atoms with Crippen molar-refractivity contribution in [2.24, 2.45) is 11.3 Å². The van der Waals surface area contributed by atoms with Crippen LogP contribution in [0.5, 0.6) is 0 Å². The van der Waals surface area contributed by atoms with Crippen LogP contribution in [0.3, 0.4) is 0 Å². The van der Waals surface area contributed by atoms with Crippen LogP contribution in [0.1, 0.15) is 61.6 Å². The first-order valence-corrected chi connectivity index (χ1v) is 15.8. The van der Waals surface area contributed by atoms with Crippen LogP contribution in [0.15, 0.2) is 60.9 Å². The van der Waals surface area contributed by atoms with Gasteiger partial charge in [-0.25, -0.2) is 0 Å². The van der Waals surface area contributed by atoms with E-state index in [1.54, 1.807) is 12.4 Å². The Labute approximate surface area is 253 Å². The highest BCUT2D eigenvalue weighted by molar-refractivity contribution is 6.30. The number of benzene rings is 2. The van der Waals surface area contributed by atoms with Gasteiger partial charge in [0, 0.05) is 31.1 Å². The van der Waals surface area contributed by atoms with Crippen LogP contribution in [0.25, 0.3) is 0 Å². The Morgan fingerprint density at radius 2 is 1.67 bits per heavy atom. The van der Waals surface area contributed by atoms with E-state index < -0.39 is 6.04 Å².